The minimum atomic E-state index is -1.19. The average molecular weight is 402 g/mol. The van der Waals surface area contributed by atoms with Gasteiger partial charge in [-0.2, -0.15) is 5.48 Å². The van der Waals surface area contributed by atoms with Crippen molar-refractivity contribution in [3.05, 3.63) is 65.0 Å². The number of aliphatic hydroxyl groups is 1. The first kappa shape index (κ1) is 21.2. The third-order valence-corrected chi connectivity index (χ3v) is 5.16. The molecular weight excluding hydrogens is 375 g/mol. The minimum absolute atomic E-state index is 0.189. The van der Waals surface area contributed by atoms with E-state index in [0.29, 0.717) is 18.7 Å². The fourth-order valence-electron chi connectivity index (χ4n) is 3.32. The number of rotatable bonds is 5. The largest absolute Gasteiger partial charge is 0.372 e. The maximum absolute atomic E-state index is 14.7. The molecule has 29 heavy (non-hydrogen) atoms. The van der Waals surface area contributed by atoms with Gasteiger partial charge >= 0.3 is 6.03 Å². The van der Waals surface area contributed by atoms with Crippen LogP contribution in [-0.2, 0) is 6.54 Å². The second-order valence-corrected chi connectivity index (χ2v) is 7.39. The number of aryl methyl sites for hydroxylation is 1. The lowest BCUT2D eigenvalue weighted by Gasteiger charge is -2.36. The Kier molecular flexibility index (Phi) is 6.81. The summed E-state index contributed by atoms with van der Waals surface area (Å²) in [5, 5.41) is 18.5. The smallest absolute Gasteiger partial charge is 0.324 e. The number of hydroxylamine groups is 1. The molecule has 0 bridgehead atoms. The van der Waals surface area contributed by atoms with Gasteiger partial charge in [-0.1, -0.05) is 30.3 Å². The molecular formula is C21H27FN4O3. The molecule has 0 spiro atoms. The van der Waals surface area contributed by atoms with Gasteiger partial charge in [-0.25, -0.2) is 9.18 Å². The van der Waals surface area contributed by atoms with Crippen molar-refractivity contribution in [3.63, 3.8) is 0 Å². The topological polar surface area (TPSA) is 79.3 Å². The van der Waals surface area contributed by atoms with Crippen molar-refractivity contribution in [2.45, 2.75) is 19.7 Å². The van der Waals surface area contributed by atoms with Crippen molar-refractivity contribution < 1.29 is 19.5 Å². The zero-order valence-electron chi connectivity index (χ0n) is 16.7. The SMILES string of the molecule is Cc1ccc(N(Cc2ccc(C(O)NO)cc2)C(=O)N2CCN(C)CC2)c(F)c1. The van der Waals surface area contributed by atoms with E-state index in [4.69, 9.17) is 5.21 Å². The fraction of sp³-hybridized carbons (Fsp3) is 0.381. The Morgan fingerprint density at radius 2 is 1.83 bits per heavy atom. The van der Waals surface area contributed by atoms with Crippen LogP contribution >= 0.6 is 0 Å². The van der Waals surface area contributed by atoms with Gasteiger partial charge in [0.05, 0.1) is 12.2 Å². The highest BCUT2D eigenvalue weighted by Gasteiger charge is 2.27. The molecule has 3 N–H and O–H groups in total. The molecule has 1 fully saturated rings. The Labute approximate surface area is 169 Å². The summed E-state index contributed by atoms with van der Waals surface area (Å²) in [5.41, 5.74) is 4.06. The van der Waals surface area contributed by atoms with Gasteiger partial charge in [0.2, 0.25) is 0 Å². The molecule has 2 aromatic rings. The van der Waals surface area contributed by atoms with Crippen LogP contribution in [-0.4, -0.2) is 59.4 Å². The molecule has 7 nitrogen and oxygen atoms in total. The molecule has 2 aromatic carbocycles. The molecule has 0 radical (unpaired) electrons. The zero-order chi connectivity index (χ0) is 21.0. The first-order chi connectivity index (χ1) is 13.9. The van der Waals surface area contributed by atoms with Crippen LogP contribution in [0.4, 0.5) is 14.9 Å². The van der Waals surface area contributed by atoms with Gasteiger partial charge in [-0.3, -0.25) is 4.90 Å². The monoisotopic (exact) mass is 402 g/mol. The first-order valence-corrected chi connectivity index (χ1v) is 9.56. The van der Waals surface area contributed by atoms with E-state index >= 15 is 0 Å². The van der Waals surface area contributed by atoms with Crippen molar-refractivity contribution in [2.24, 2.45) is 0 Å². The molecule has 2 amide bonds. The summed E-state index contributed by atoms with van der Waals surface area (Å²) in [6.45, 7) is 4.72. The second-order valence-electron chi connectivity index (χ2n) is 7.39. The lowest BCUT2D eigenvalue weighted by molar-refractivity contribution is 0.000692. The summed E-state index contributed by atoms with van der Waals surface area (Å²) in [7, 11) is 2.01. The minimum Gasteiger partial charge on any atom is -0.372 e. The quantitative estimate of drug-likeness (QED) is 0.529. The van der Waals surface area contributed by atoms with Crippen LogP contribution in [0.5, 0.6) is 0 Å². The van der Waals surface area contributed by atoms with E-state index in [1.807, 2.05) is 7.05 Å². The second kappa shape index (κ2) is 9.32. The molecule has 0 aliphatic carbocycles. The van der Waals surface area contributed by atoms with E-state index < -0.39 is 12.0 Å². The van der Waals surface area contributed by atoms with E-state index in [9.17, 15) is 14.3 Å². The molecule has 1 atom stereocenters. The highest BCUT2D eigenvalue weighted by molar-refractivity contribution is 5.92. The molecule has 1 heterocycles. The fourth-order valence-corrected chi connectivity index (χ4v) is 3.32. The maximum atomic E-state index is 14.7. The van der Waals surface area contributed by atoms with Crippen LogP contribution < -0.4 is 10.4 Å². The van der Waals surface area contributed by atoms with Crippen molar-refractivity contribution in [1.29, 1.82) is 0 Å². The predicted molar refractivity (Wildman–Crippen MR) is 108 cm³/mol. The molecule has 1 saturated heterocycles. The van der Waals surface area contributed by atoms with Gasteiger partial charge in [-0.15, -0.1) is 0 Å². The number of aliphatic hydroxyl groups excluding tert-OH is 1. The number of urea groups is 1. The number of carbonyl (C=O) groups excluding carboxylic acids is 1. The highest BCUT2D eigenvalue weighted by atomic mass is 19.1. The number of amides is 2. The number of nitrogens with one attached hydrogen (secondary N) is 1. The number of benzene rings is 2. The Bertz CT molecular complexity index is 838. The van der Waals surface area contributed by atoms with E-state index in [-0.39, 0.29) is 18.3 Å². The summed E-state index contributed by atoms with van der Waals surface area (Å²) in [4.78, 5) is 18.6. The van der Waals surface area contributed by atoms with Gasteiger partial charge in [0, 0.05) is 26.2 Å². The molecule has 3 rings (SSSR count). The van der Waals surface area contributed by atoms with Gasteiger partial charge in [0.25, 0.3) is 0 Å². The summed E-state index contributed by atoms with van der Waals surface area (Å²) >= 11 is 0. The number of hydrogen-bond donors (Lipinski definition) is 3. The Morgan fingerprint density at radius 3 is 2.41 bits per heavy atom. The Hall–Kier alpha value is -2.52. The van der Waals surface area contributed by atoms with Crippen molar-refractivity contribution >= 4 is 11.7 Å². The first-order valence-electron chi connectivity index (χ1n) is 9.56. The van der Waals surface area contributed by atoms with Crippen LogP contribution in [0.15, 0.2) is 42.5 Å². The van der Waals surface area contributed by atoms with Gasteiger partial charge < -0.3 is 20.1 Å². The average Bonchev–Trinajstić information content (AvgIpc) is 2.72. The number of carbonyl (C=O) groups is 1. The highest BCUT2D eigenvalue weighted by Crippen LogP contribution is 2.25. The summed E-state index contributed by atoms with van der Waals surface area (Å²) in [6.07, 6.45) is -1.19. The third kappa shape index (κ3) is 5.10. The van der Waals surface area contributed by atoms with Crippen molar-refractivity contribution in [2.75, 3.05) is 38.1 Å². The molecule has 0 saturated carbocycles. The van der Waals surface area contributed by atoms with Crippen molar-refractivity contribution in [3.8, 4) is 0 Å². The van der Waals surface area contributed by atoms with E-state index in [0.717, 1.165) is 24.2 Å². The third-order valence-electron chi connectivity index (χ3n) is 5.16. The van der Waals surface area contributed by atoms with Crippen LogP contribution in [0, 0.1) is 12.7 Å². The van der Waals surface area contributed by atoms with Gasteiger partial charge in [0.15, 0.2) is 6.23 Å². The summed E-state index contributed by atoms with van der Waals surface area (Å²) in [5.74, 6) is -0.441. The molecule has 1 unspecified atom stereocenters. The van der Waals surface area contributed by atoms with Gasteiger partial charge in [-0.05, 0) is 42.8 Å². The standard InChI is InChI=1S/C21H27FN4O3/c1-15-3-8-19(18(22)13-15)26(21(28)25-11-9-24(2)10-12-25)14-16-4-6-17(7-5-16)20(27)23-29/h3-8,13,20,23,27,29H,9-12,14H2,1-2H3. The predicted octanol–water partition coefficient (Wildman–Crippen LogP) is 2.48. The normalized spacial score (nSPS) is 16.0. The molecule has 156 valence electrons. The zero-order valence-corrected chi connectivity index (χ0v) is 16.7. The van der Waals surface area contributed by atoms with Crippen LogP contribution in [0.2, 0.25) is 0 Å². The van der Waals surface area contributed by atoms with Crippen LogP contribution in [0.3, 0.4) is 0 Å². The van der Waals surface area contributed by atoms with E-state index in [1.165, 1.54) is 11.0 Å². The number of anilines is 1. The molecule has 0 aromatic heterocycles. The number of piperazine rings is 1. The Balaban J connectivity index is 1.87. The number of halogens is 1. The molecule has 1 aliphatic rings. The van der Waals surface area contributed by atoms with E-state index in [1.54, 1.807) is 53.7 Å². The Morgan fingerprint density at radius 1 is 1.17 bits per heavy atom. The lowest BCUT2D eigenvalue weighted by Crippen LogP contribution is -2.52. The molecule has 1 aliphatic heterocycles. The maximum Gasteiger partial charge on any atom is 0.324 e. The lowest BCUT2D eigenvalue weighted by atomic mass is 10.1. The van der Waals surface area contributed by atoms with Crippen LogP contribution in [0.25, 0.3) is 0 Å². The van der Waals surface area contributed by atoms with Crippen LogP contribution in [0.1, 0.15) is 22.9 Å². The summed E-state index contributed by atoms with van der Waals surface area (Å²) in [6, 6.07) is 11.4. The van der Waals surface area contributed by atoms with Crippen molar-refractivity contribution in [1.82, 2.24) is 15.3 Å². The number of hydrogen-bond acceptors (Lipinski definition) is 5. The molecule has 8 heteroatoms. The number of likely N-dealkylation sites (N-methyl/N-ethyl adjacent to an activating group) is 1. The summed E-state index contributed by atoms with van der Waals surface area (Å²) < 4.78 is 14.7. The van der Waals surface area contributed by atoms with Gasteiger partial charge in [0.1, 0.15) is 5.82 Å². The number of nitrogens with zero attached hydrogens (tertiary/aromatic N) is 3. The van der Waals surface area contributed by atoms with E-state index in [2.05, 4.69) is 4.90 Å².